The Hall–Kier alpha value is -2.01. The van der Waals surface area contributed by atoms with Gasteiger partial charge in [0, 0.05) is 51.0 Å². The van der Waals surface area contributed by atoms with E-state index in [1.807, 2.05) is 18.2 Å². The van der Waals surface area contributed by atoms with Crippen LogP contribution in [0.15, 0.2) is 39.8 Å². The number of benzene rings is 1. The zero-order valence-electron chi connectivity index (χ0n) is 20.3. The number of anilines is 1. The van der Waals surface area contributed by atoms with Crippen molar-refractivity contribution in [3.63, 3.8) is 0 Å². The van der Waals surface area contributed by atoms with Gasteiger partial charge in [0.1, 0.15) is 12.3 Å². The van der Waals surface area contributed by atoms with Crippen LogP contribution in [0.2, 0.25) is 0 Å². The summed E-state index contributed by atoms with van der Waals surface area (Å²) in [5.74, 6) is 2.88. The van der Waals surface area contributed by atoms with Gasteiger partial charge in [-0.15, -0.1) is 24.0 Å². The standard InChI is InChI=1S/C24H38N6O2.HI/c1-5-25-24(27-18-22-17-23(19(2)3)28-32-22)26-11-6-12-29-13-15-30(16-14-29)20-7-9-21(31-4)10-8-20;/h7-10,17,19H,5-6,11-16,18H2,1-4H3,(H2,25,26,27);1H. The van der Waals surface area contributed by atoms with Gasteiger partial charge in [-0.25, -0.2) is 4.99 Å². The molecule has 0 amide bonds. The lowest BCUT2D eigenvalue weighted by Crippen LogP contribution is -2.47. The van der Waals surface area contributed by atoms with Crippen molar-refractivity contribution in [2.75, 3.05) is 57.8 Å². The molecule has 1 saturated heterocycles. The highest BCUT2D eigenvalue weighted by Crippen LogP contribution is 2.20. The predicted molar refractivity (Wildman–Crippen MR) is 145 cm³/mol. The fourth-order valence-electron chi connectivity index (χ4n) is 3.71. The van der Waals surface area contributed by atoms with Crippen molar-refractivity contribution in [3.05, 3.63) is 41.8 Å². The summed E-state index contributed by atoms with van der Waals surface area (Å²) in [5, 5.41) is 10.8. The van der Waals surface area contributed by atoms with Gasteiger partial charge in [0.05, 0.1) is 12.8 Å². The molecule has 1 fully saturated rings. The Bertz CT molecular complexity index is 832. The number of rotatable bonds is 10. The molecular formula is C24H39IN6O2. The van der Waals surface area contributed by atoms with Crippen molar-refractivity contribution >= 4 is 35.6 Å². The molecule has 0 atom stereocenters. The Balaban J connectivity index is 0.00000385. The van der Waals surface area contributed by atoms with Crippen molar-refractivity contribution in [2.45, 2.75) is 39.7 Å². The zero-order valence-corrected chi connectivity index (χ0v) is 22.7. The van der Waals surface area contributed by atoms with E-state index in [0.29, 0.717) is 12.5 Å². The first-order valence-electron chi connectivity index (χ1n) is 11.7. The summed E-state index contributed by atoms with van der Waals surface area (Å²) < 4.78 is 10.6. The van der Waals surface area contributed by atoms with Gasteiger partial charge in [0.15, 0.2) is 11.7 Å². The van der Waals surface area contributed by atoms with E-state index >= 15 is 0 Å². The SMILES string of the molecule is CCNC(=NCc1cc(C(C)C)no1)NCCCN1CCN(c2ccc(OC)cc2)CC1.I. The van der Waals surface area contributed by atoms with Crippen LogP contribution >= 0.6 is 24.0 Å². The van der Waals surface area contributed by atoms with Crippen molar-refractivity contribution in [2.24, 2.45) is 4.99 Å². The van der Waals surface area contributed by atoms with Crippen LogP contribution in [0.25, 0.3) is 0 Å². The fourth-order valence-corrected chi connectivity index (χ4v) is 3.71. The van der Waals surface area contributed by atoms with Crippen LogP contribution in [0, 0.1) is 0 Å². The van der Waals surface area contributed by atoms with Crippen molar-refractivity contribution in [3.8, 4) is 5.75 Å². The second-order valence-corrected chi connectivity index (χ2v) is 8.37. The molecule has 0 bridgehead atoms. The van der Waals surface area contributed by atoms with Crippen molar-refractivity contribution < 1.29 is 9.26 Å². The summed E-state index contributed by atoms with van der Waals surface area (Å²) in [5.41, 5.74) is 2.24. The number of nitrogens with one attached hydrogen (secondary N) is 2. The normalized spacial score (nSPS) is 14.8. The van der Waals surface area contributed by atoms with Gasteiger partial charge >= 0.3 is 0 Å². The van der Waals surface area contributed by atoms with Crippen LogP contribution in [0.1, 0.15) is 44.6 Å². The minimum absolute atomic E-state index is 0. The molecule has 0 radical (unpaired) electrons. The molecule has 1 aromatic heterocycles. The number of halogens is 1. The molecule has 1 aliphatic heterocycles. The molecule has 2 N–H and O–H groups in total. The molecule has 2 heterocycles. The zero-order chi connectivity index (χ0) is 22.8. The lowest BCUT2D eigenvalue weighted by molar-refractivity contribution is 0.255. The van der Waals surface area contributed by atoms with Crippen LogP contribution < -0.4 is 20.3 Å². The van der Waals surface area contributed by atoms with Gasteiger partial charge in [-0.05, 0) is 50.1 Å². The molecule has 9 heteroatoms. The fraction of sp³-hybridized carbons (Fsp3) is 0.583. The van der Waals surface area contributed by atoms with Crippen molar-refractivity contribution in [1.82, 2.24) is 20.7 Å². The second-order valence-electron chi connectivity index (χ2n) is 8.37. The molecule has 3 rings (SSSR count). The van der Waals surface area contributed by atoms with Gasteiger partial charge in [0.25, 0.3) is 0 Å². The molecule has 8 nitrogen and oxygen atoms in total. The Morgan fingerprint density at radius 3 is 2.48 bits per heavy atom. The molecule has 0 saturated carbocycles. The highest BCUT2D eigenvalue weighted by molar-refractivity contribution is 14.0. The first-order valence-corrected chi connectivity index (χ1v) is 11.7. The van der Waals surface area contributed by atoms with Gasteiger partial charge < -0.3 is 24.8 Å². The molecule has 1 aromatic carbocycles. The van der Waals surface area contributed by atoms with Gasteiger partial charge in [-0.1, -0.05) is 19.0 Å². The van der Waals surface area contributed by atoms with E-state index in [1.54, 1.807) is 7.11 Å². The van der Waals surface area contributed by atoms with Crippen LogP contribution in [-0.2, 0) is 6.54 Å². The Kier molecular flexibility index (Phi) is 11.8. The molecule has 184 valence electrons. The number of guanidine groups is 1. The quantitative estimate of drug-likeness (QED) is 0.195. The Morgan fingerprint density at radius 1 is 1.15 bits per heavy atom. The first-order chi connectivity index (χ1) is 15.6. The summed E-state index contributed by atoms with van der Waals surface area (Å²) in [6.45, 7) is 13.9. The van der Waals surface area contributed by atoms with Crippen molar-refractivity contribution in [1.29, 1.82) is 0 Å². The summed E-state index contributed by atoms with van der Waals surface area (Å²) in [4.78, 5) is 9.61. The minimum Gasteiger partial charge on any atom is -0.497 e. The van der Waals surface area contributed by atoms with Crippen LogP contribution in [0.5, 0.6) is 5.75 Å². The smallest absolute Gasteiger partial charge is 0.191 e. The lowest BCUT2D eigenvalue weighted by Gasteiger charge is -2.36. The first kappa shape index (κ1) is 27.2. The molecule has 2 aromatic rings. The van der Waals surface area contributed by atoms with Gasteiger partial charge in [-0.2, -0.15) is 0 Å². The highest BCUT2D eigenvalue weighted by Gasteiger charge is 2.17. The van der Waals surface area contributed by atoms with Gasteiger partial charge in [-0.3, -0.25) is 4.90 Å². The number of aliphatic imine (C=N–C) groups is 1. The summed E-state index contributed by atoms with van der Waals surface area (Å²) >= 11 is 0. The summed E-state index contributed by atoms with van der Waals surface area (Å²) in [6, 6.07) is 10.3. The second kappa shape index (κ2) is 14.3. The van der Waals surface area contributed by atoms with Gasteiger partial charge in [0.2, 0.25) is 0 Å². The van der Waals surface area contributed by atoms with E-state index in [1.165, 1.54) is 5.69 Å². The van der Waals surface area contributed by atoms with E-state index < -0.39 is 0 Å². The van der Waals surface area contributed by atoms with E-state index in [0.717, 1.165) is 75.4 Å². The van der Waals surface area contributed by atoms with Crippen LogP contribution in [-0.4, -0.2) is 68.9 Å². The minimum atomic E-state index is 0. The average molecular weight is 571 g/mol. The number of hydrogen-bond donors (Lipinski definition) is 2. The lowest BCUT2D eigenvalue weighted by atomic mass is 10.1. The number of ether oxygens (including phenoxy) is 1. The molecule has 0 unspecified atom stereocenters. The summed E-state index contributed by atoms with van der Waals surface area (Å²) in [7, 11) is 1.70. The number of aromatic nitrogens is 1. The number of piperazine rings is 1. The highest BCUT2D eigenvalue weighted by atomic mass is 127. The predicted octanol–water partition coefficient (Wildman–Crippen LogP) is 3.69. The summed E-state index contributed by atoms with van der Waals surface area (Å²) in [6.07, 6.45) is 1.08. The topological polar surface area (TPSA) is 78.2 Å². The Labute approximate surface area is 215 Å². The largest absolute Gasteiger partial charge is 0.497 e. The molecular weight excluding hydrogens is 531 g/mol. The van der Waals surface area contributed by atoms with E-state index in [4.69, 9.17) is 9.26 Å². The molecule has 1 aliphatic rings. The van der Waals surface area contributed by atoms with E-state index in [-0.39, 0.29) is 24.0 Å². The third-order valence-corrected chi connectivity index (χ3v) is 5.66. The molecule has 33 heavy (non-hydrogen) atoms. The van der Waals surface area contributed by atoms with E-state index in [9.17, 15) is 0 Å². The van der Waals surface area contributed by atoms with E-state index in [2.05, 4.69) is 63.5 Å². The monoisotopic (exact) mass is 570 g/mol. The molecule has 0 spiro atoms. The average Bonchev–Trinajstić information content (AvgIpc) is 3.30. The maximum absolute atomic E-state index is 5.38. The number of methoxy groups -OCH3 is 1. The Morgan fingerprint density at radius 2 is 1.88 bits per heavy atom. The third kappa shape index (κ3) is 8.69. The maximum atomic E-state index is 5.38. The number of nitrogens with zero attached hydrogens (tertiary/aromatic N) is 4. The van der Waals surface area contributed by atoms with Crippen LogP contribution in [0.4, 0.5) is 5.69 Å². The molecule has 0 aliphatic carbocycles. The van der Waals surface area contributed by atoms with Crippen LogP contribution in [0.3, 0.4) is 0 Å². The maximum Gasteiger partial charge on any atom is 0.191 e. The number of hydrogen-bond acceptors (Lipinski definition) is 6. The third-order valence-electron chi connectivity index (χ3n) is 5.66.